The number of halogens is 2. The molecule has 4 rings (SSSR count). The maximum absolute atomic E-state index is 12.1. The minimum absolute atomic E-state index is 0.0364. The second kappa shape index (κ2) is 7.73. The lowest BCUT2D eigenvalue weighted by atomic mass is 10.1. The predicted molar refractivity (Wildman–Crippen MR) is 113 cm³/mol. The van der Waals surface area contributed by atoms with Gasteiger partial charge in [0, 0.05) is 0 Å². The van der Waals surface area contributed by atoms with Crippen molar-refractivity contribution in [2.45, 2.75) is 6.42 Å². The first kappa shape index (κ1) is 20.9. The monoisotopic (exact) mass is 479 g/mol. The molecule has 0 bridgehead atoms. The Kier molecular flexibility index (Phi) is 5.22. The van der Waals surface area contributed by atoms with Crippen LogP contribution >= 0.6 is 23.2 Å². The van der Waals surface area contributed by atoms with E-state index in [2.05, 4.69) is 9.82 Å². The molecule has 0 saturated carbocycles. The number of nitrogens with zero attached hydrogens (tertiary/aromatic N) is 3. The number of rotatable bonds is 3. The average Bonchev–Trinajstić information content (AvgIpc) is 2.70. The minimum Gasteiger partial charge on any atom is -0.454 e. The van der Waals surface area contributed by atoms with E-state index in [0.717, 1.165) is 10.2 Å². The molecule has 0 amide bonds. The predicted octanol–water partition coefficient (Wildman–Crippen LogP) is 2.19. The zero-order valence-electron chi connectivity index (χ0n) is 15.3. The molecule has 2 heterocycles. The highest BCUT2D eigenvalue weighted by molar-refractivity contribution is 7.92. The van der Waals surface area contributed by atoms with Crippen LogP contribution in [0.4, 0.5) is 5.69 Å². The summed E-state index contributed by atoms with van der Waals surface area (Å²) in [6.45, 7) is 0. The van der Waals surface area contributed by atoms with E-state index in [-0.39, 0.29) is 27.2 Å². The number of H-pyrrole nitrogens is 1. The van der Waals surface area contributed by atoms with Gasteiger partial charge in [-0.2, -0.15) is 9.94 Å². The van der Waals surface area contributed by atoms with E-state index in [9.17, 15) is 18.0 Å². The van der Waals surface area contributed by atoms with Crippen LogP contribution < -0.4 is 20.7 Å². The van der Waals surface area contributed by atoms with Gasteiger partial charge in [0.25, 0.3) is 5.56 Å². The number of fused-ring (bicyclic) bond motifs is 1. The van der Waals surface area contributed by atoms with Gasteiger partial charge in [-0.05, 0) is 42.3 Å². The zero-order valence-corrected chi connectivity index (χ0v) is 17.7. The Hall–Kier alpha value is -3.33. The third-order valence-corrected chi connectivity index (χ3v) is 6.20. The van der Waals surface area contributed by atoms with Crippen LogP contribution in [0.1, 0.15) is 11.3 Å². The molecular weight excluding hydrogens is 469 g/mol. The van der Waals surface area contributed by atoms with E-state index < -0.39 is 27.0 Å². The van der Waals surface area contributed by atoms with E-state index in [1.807, 2.05) is 4.98 Å². The van der Waals surface area contributed by atoms with Crippen LogP contribution in [-0.4, -0.2) is 28.9 Å². The Labute approximate surface area is 184 Å². The second-order valence-electron chi connectivity index (χ2n) is 6.46. The molecule has 0 aliphatic carbocycles. The Morgan fingerprint density at radius 2 is 1.87 bits per heavy atom. The summed E-state index contributed by atoms with van der Waals surface area (Å²) < 4.78 is 32.4. The second-order valence-corrected chi connectivity index (χ2v) is 9.12. The number of anilines is 1. The molecule has 158 valence electrons. The van der Waals surface area contributed by atoms with Crippen LogP contribution in [0.15, 0.2) is 39.9 Å². The average molecular weight is 480 g/mol. The van der Waals surface area contributed by atoms with Gasteiger partial charge in [-0.25, -0.2) is 13.2 Å². The minimum atomic E-state index is -3.33. The van der Waals surface area contributed by atoms with E-state index in [4.69, 9.17) is 33.2 Å². The number of hydrogen-bond donors (Lipinski definition) is 2. The largest absolute Gasteiger partial charge is 0.454 e. The molecule has 3 aromatic rings. The highest BCUT2D eigenvalue weighted by atomic mass is 35.5. The van der Waals surface area contributed by atoms with Crippen molar-refractivity contribution in [3.05, 3.63) is 72.5 Å². The standard InChI is InChI=1S/C18H11Cl2N5O5S/c19-12-6-10(25-18(27)22-17(26)15(8-21)23-25)7-13(20)16(12)30-11-1-2-14-9(5-11)3-4-31(28,29)24-14/h1-2,5-7,24H,3-4H2,(H,22,26,27). The topological polar surface area (TPSA) is 147 Å². The van der Waals surface area contributed by atoms with E-state index >= 15 is 0 Å². The number of aromatic amines is 1. The maximum Gasteiger partial charge on any atom is 0.349 e. The third-order valence-electron chi connectivity index (χ3n) is 4.36. The van der Waals surface area contributed by atoms with Gasteiger partial charge in [0.1, 0.15) is 11.8 Å². The highest BCUT2D eigenvalue weighted by Crippen LogP contribution is 2.39. The quantitative estimate of drug-likeness (QED) is 0.584. The Bertz CT molecular complexity index is 1470. The summed E-state index contributed by atoms with van der Waals surface area (Å²) in [6.07, 6.45) is 0.324. The molecule has 1 aliphatic rings. The van der Waals surface area contributed by atoms with Crippen LogP contribution in [0.25, 0.3) is 5.69 Å². The summed E-state index contributed by atoms with van der Waals surface area (Å²) in [5, 5.41) is 12.7. The Morgan fingerprint density at radius 1 is 1.16 bits per heavy atom. The van der Waals surface area contributed by atoms with E-state index in [1.165, 1.54) is 12.1 Å². The first-order chi connectivity index (χ1) is 14.7. The Balaban J connectivity index is 1.69. The van der Waals surface area contributed by atoms with Crippen LogP contribution in [0.2, 0.25) is 10.0 Å². The molecule has 1 aromatic heterocycles. The molecule has 0 unspecified atom stereocenters. The van der Waals surface area contributed by atoms with Crippen molar-refractivity contribution in [3.63, 3.8) is 0 Å². The van der Waals surface area contributed by atoms with Gasteiger partial charge >= 0.3 is 5.69 Å². The summed E-state index contributed by atoms with van der Waals surface area (Å²) in [5.74, 6) is 0.439. The van der Waals surface area contributed by atoms with Gasteiger partial charge in [0.2, 0.25) is 15.7 Å². The van der Waals surface area contributed by atoms with Gasteiger partial charge in [-0.1, -0.05) is 23.2 Å². The lowest BCUT2D eigenvalue weighted by Gasteiger charge is -2.19. The Morgan fingerprint density at radius 3 is 2.55 bits per heavy atom. The fraction of sp³-hybridized carbons (Fsp3) is 0.111. The maximum atomic E-state index is 12.1. The molecule has 0 radical (unpaired) electrons. The smallest absolute Gasteiger partial charge is 0.349 e. The number of hydrogen-bond acceptors (Lipinski definition) is 7. The molecule has 2 aromatic carbocycles. The van der Waals surface area contributed by atoms with Crippen molar-refractivity contribution >= 4 is 38.9 Å². The SMILES string of the molecule is N#Cc1nn(-c2cc(Cl)c(Oc3ccc4c(c3)CCS(=O)(=O)N4)c(Cl)c2)c(=O)[nH]c1=O. The van der Waals surface area contributed by atoms with Gasteiger partial charge in [-0.3, -0.25) is 14.5 Å². The van der Waals surface area contributed by atoms with Crippen LogP contribution in [0.5, 0.6) is 11.5 Å². The summed E-state index contributed by atoms with van der Waals surface area (Å²) >= 11 is 12.6. The van der Waals surface area contributed by atoms with Crippen LogP contribution in [0, 0.1) is 11.3 Å². The van der Waals surface area contributed by atoms with E-state index in [0.29, 0.717) is 17.9 Å². The fourth-order valence-electron chi connectivity index (χ4n) is 2.94. The molecule has 10 nitrogen and oxygen atoms in total. The number of ether oxygens (including phenoxy) is 1. The molecule has 1 aliphatic heterocycles. The zero-order chi connectivity index (χ0) is 22.3. The van der Waals surface area contributed by atoms with Gasteiger partial charge in [0.05, 0.1) is 27.2 Å². The fourth-order valence-corrected chi connectivity index (χ4v) is 4.61. The number of nitriles is 1. The number of benzene rings is 2. The molecule has 13 heteroatoms. The van der Waals surface area contributed by atoms with Crippen LogP contribution in [0.3, 0.4) is 0 Å². The van der Waals surface area contributed by atoms with Gasteiger partial charge in [0.15, 0.2) is 5.75 Å². The van der Waals surface area contributed by atoms with Gasteiger partial charge < -0.3 is 4.74 Å². The third kappa shape index (κ3) is 4.13. The molecule has 0 atom stereocenters. The molecule has 0 fully saturated rings. The number of sulfonamides is 1. The lowest BCUT2D eigenvalue weighted by molar-refractivity contribution is 0.482. The number of aryl methyl sites for hydroxylation is 1. The van der Waals surface area contributed by atoms with Crippen molar-refractivity contribution in [2.75, 3.05) is 10.5 Å². The molecule has 2 N–H and O–H groups in total. The molecule has 0 spiro atoms. The first-order valence-corrected chi connectivity index (χ1v) is 11.0. The van der Waals surface area contributed by atoms with Crippen molar-refractivity contribution in [1.82, 2.24) is 14.8 Å². The summed E-state index contributed by atoms with van der Waals surface area (Å²) in [5.41, 5.74) is -0.943. The normalized spacial score (nSPS) is 14.2. The molecule has 31 heavy (non-hydrogen) atoms. The van der Waals surface area contributed by atoms with Crippen molar-refractivity contribution < 1.29 is 13.2 Å². The number of aromatic nitrogens is 3. The number of nitrogens with one attached hydrogen (secondary N) is 2. The summed E-state index contributed by atoms with van der Waals surface area (Å²) in [4.78, 5) is 25.6. The lowest BCUT2D eigenvalue weighted by Crippen LogP contribution is -2.33. The van der Waals surface area contributed by atoms with Crippen molar-refractivity contribution in [3.8, 4) is 23.3 Å². The highest BCUT2D eigenvalue weighted by Gasteiger charge is 2.21. The molecule has 0 saturated heterocycles. The first-order valence-electron chi connectivity index (χ1n) is 8.61. The van der Waals surface area contributed by atoms with Crippen molar-refractivity contribution in [1.29, 1.82) is 5.26 Å². The van der Waals surface area contributed by atoms with E-state index in [1.54, 1.807) is 24.3 Å². The van der Waals surface area contributed by atoms with Crippen LogP contribution in [-0.2, 0) is 16.4 Å². The van der Waals surface area contributed by atoms with Crippen molar-refractivity contribution in [2.24, 2.45) is 0 Å². The van der Waals surface area contributed by atoms with Gasteiger partial charge in [-0.15, -0.1) is 5.10 Å². The molecular formula is C18H11Cl2N5O5S. The summed E-state index contributed by atoms with van der Waals surface area (Å²) in [7, 11) is -3.33. The summed E-state index contributed by atoms with van der Waals surface area (Å²) in [6, 6.07) is 9.06.